The van der Waals surface area contributed by atoms with Crippen LogP contribution in [0.15, 0.2) is 76.5 Å². The molecule has 3 aromatic rings. The van der Waals surface area contributed by atoms with Crippen LogP contribution in [0.5, 0.6) is 11.5 Å². The van der Waals surface area contributed by atoms with E-state index < -0.39 is 32.8 Å². The number of carboxylic acid groups (broad SMARTS) is 1. The Morgan fingerprint density at radius 2 is 1.73 bits per heavy atom. The molecule has 0 amide bonds. The van der Waals surface area contributed by atoms with Gasteiger partial charge in [-0.1, -0.05) is 23.7 Å². The summed E-state index contributed by atoms with van der Waals surface area (Å²) in [5.74, 6) is -1.54. The molecule has 3 rings (SSSR count). The van der Waals surface area contributed by atoms with Crippen molar-refractivity contribution in [2.24, 2.45) is 0 Å². The first kappa shape index (κ1) is 24.5. The number of hydrogen-bond acceptors (Lipinski definition) is 7. The predicted molar refractivity (Wildman–Crippen MR) is 121 cm³/mol. The molecule has 33 heavy (non-hydrogen) atoms. The zero-order valence-electron chi connectivity index (χ0n) is 17.5. The molecule has 0 aromatic heterocycles. The van der Waals surface area contributed by atoms with Crippen LogP contribution in [0.3, 0.4) is 0 Å². The summed E-state index contributed by atoms with van der Waals surface area (Å²) in [6, 6.07) is 15.5. The fraction of sp³-hybridized carbons (Fsp3) is 0.174. The van der Waals surface area contributed by atoms with Gasteiger partial charge in [0.1, 0.15) is 29.4 Å². The molecular weight excluding hydrogens is 470 g/mol. The highest BCUT2D eigenvalue weighted by molar-refractivity contribution is 7.91. The molecule has 0 bridgehead atoms. The van der Waals surface area contributed by atoms with Crippen molar-refractivity contribution in [1.29, 1.82) is 0 Å². The molecule has 0 aliphatic carbocycles. The number of hydrogen-bond donors (Lipinski definition) is 4. The van der Waals surface area contributed by atoms with Gasteiger partial charge in [-0.05, 0) is 67.1 Å². The number of rotatable bonds is 9. The fourth-order valence-corrected chi connectivity index (χ4v) is 4.54. The number of nitrogens with one attached hydrogen (secondary N) is 1. The number of ether oxygens (including phenoxy) is 1. The largest absolute Gasteiger partial charge is 0.507 e. The van der Waals surface area contributed by atoms with E-state index in [9.17, 15) is 23.4 Å². The number of carbonyl (C=O) groups is 1. The van der Waals surface area contributed by atoms with E-state index in [-0.39, 0.29) is 16.4 Å². The summed E-state index contributed by atoms with van der Waals surface area (Å²) >= 11 is 5.96. The highest BCUT2D eigenvalue weighted by Gasteiger charge is 2.23. The van der Waals surface area contributed by atoms with E-state index in [1.165, 1.54) is 24.3 Å². The van der Waals surface area contributed by atoms with Gasteiger partial charge in [-0.15, -0.1) is 0 Å². The molecule has 0 saturated heterocycles. The SMILES string of the molecule is C[C@@](O)(NCCOc1ccc(S(=O)(=O)c2ccc(O)c(C(=O)O)c2)cc1)c1cccc(Cl)c1. The Labute approximate surface area is 196 Å². The number of benzene rings is 3. The molecule has 0 unspecified atom stereocenters. The molecule has 8 nitrogen and oxygen atoms in total. The monoisotopic (exact) mass is 491 g/mol. The average Bonchev–Trinajstić information content (AvgIpc) is 2.77. The van der Waals surface area contributed by atoms with Gasteiger partial charge in [-0.2, -0.15) is 0 Å². The van der Waals surface area contributed by atoms with Crippen LogP contribution in [-0.2, 0) is 15.6 Å². The van der Waals surface area contributed by atoms with Gasteiger partial charge in [-0.25, -0.2) is 13.2 Å². The minimum absolute atomic E-state index is 0.0566. The number of phenols is 1. The van der Waals surface area contributed by atoms with Crippen LogP contribution < -0.4 is 10.1 Å². The van der Waals surface area contributed by atoms with E-state index in [0.29, 0.717) is 22.9 Å². The van der Waals surface area contributed by atoms with Crippen molar-refractivity contribution < 1.29 is 33.3 Å². The van der Waals surface area contributed by atoms with Crippen molar-refractivity contribution in [2.75, 3.05) is 13.2 Å². The Bertz CT molecular complexity index is 1260. The summed E-state index contributed by atoms with van der Waals surface area (Å²) in [6.07, 6.45) is 0. The van der Waals surface area contributed by atoms with Gasteiger partial charge in [0.05, 0.1) is 9.79 Å². The normalized spacial score (nSPS) is 13.3. The fourth-order valence-electron chi connectivity index (χ4n) is 3.06. The Balaban J connectivity index is 1.62. The first-order valence-electron chi connectivity index (χ1n) is 9.78. The lowest BCUT2D eigenvalue weighted by atomic mass is 10.1. The van der Waals surface area contributed by atoms with Crippen molar-refractivity contribution >= 4 is 27.4 Å². The quantitative estimate of drug-likeness (QED) is 0.264. The van der Waals surface area contributed by atoms with Crippen LogP contribution in [0.25, 0.3) is 0 Å². The second-order valence-electron chi connectivity index (χ2n) is 7.32. The van der Waals surface area contributed by atoms with E-state index in [0.717, 1.165) is 18.2 Å². The highest BCUT2D eigenvalue weighted by atomic mass is 35.5. The molecule has 0 aliphatic heterocycles. The smallest absolute Gasteiger partial charge is 0.339 e. The Kier molecular flexibility index (Phi) is 7.28. The number of aromatic hydroxyl groups is 1. The first-order valence-corrected chi connectivity index (χ1v) is 11.6. The van der Waals surface area contributed by atoms with E-state index in [2.05, 4.69) is 5.32 Å². The van der Waals surface area contributed by atoms with E-state index in [1.54, 1.807) is 31.2 Å². The van der Waals surface area contributed by atoms with Crippen LogP contribution in [0.1, 0.15) is 22.8 Å². The molecule has 1 atom stereocenters. The van der Waals surface area contributed by atoms with E-state index in [1.807, 2.05) is 0 Å². The maximum absolute atomic E-state index is 12.8. The topological polar surface area (TPSA) is 133 Å². The Morgan fingerprint density at radius 1 is 1.06 bits per heavy atom. The zero-order valence-corrected chi connectivity index (χ0v) is 19.1. The molecule has 0 radical (unpaired) electrons. The zero-order chi connectivity index (χ0) is 24.2. The maximum Gasteiger partial charge on any atom is 0.339 e. The summed E-state index contributed by atoms with van der Waals surface area (Å²) in [7, 11) is -3.99. The number of aliphatic hydroxyl groups is 1. The second-order valence-corrected chi connectivity index (χ2v) is 9.70. The van der Waals surface area contributed by atoms with Crippen molar-refractivity contribution in [2.45, 2.75) is 22.4 Å². The third kappa shape index (κ3) is 5.82. The lowest BCUT2D eigenvalue weighted by molar-refractivity contribution is 0.0169. The van der Waals surface area contributed by atoms with Gasteiger partial charge < -0.3 is 20.1 Å². The molecule has 4 N–H and O–H groups in total. The first-order chi connectivity index (χ1) is 15.5. The van der Waals surface area contributed by atoms with Gasteiger partial charge in [0.25, 0.3) is 0 Å². The Hall–Kier alpha value is -3.11. The summed E-state index contributed by atoms with van der Waals surface area (Å²) < 4.78 is 31.2. The average molecular weight is 492 g/mol. The van der Waals surface area contributed by atoms with Gasteiger partial charge in [-0.3, -0.25) is 5.32 Å². The third-order valence-corrected chi connectivity index (χ3v) is 6.87. The highest BCUT2D eigenvalue weighted by Crippen LogP contribution is 2.27. The van der Waals surface area contributed by atoms with Gasteiger partial charge in [0, 0.05) is 11.6 Å². The van der Waals surface area contributed by atoms with Crippen LogP contribution >= 0.6 is 11.6 Å². The van der Waals surface area contributed by atoms with Crippen LogP contribution in [0.2, 0.25) is 5.02 Å². The molecular formula is C23H22ClNO7S. The van der Waals surface area contributed by atoms with Crippen LogP contribution in [0, 0.1) is 0 Å². The molecule has 0 fully saturated rings. The standard InChI is InChI=1S/C23H22ClNO7S/c1-23(29,15-3-2-4-16(24)13-15)25-11-12-32-17-5-7-18(8-6-17)33(30,31)19-9-10-21(26)20(14-19)22(27)28/h2-10,13-14,25-26,29H,11-12H2,1H3,(H,27,28)/t23-/m0/s1. The van der Waals surface area contributed by atoms with Crippen LogP contribution in [0.4, 0.5) is 0 Å². The van der Waals surface area contributed by atoms with Crippen molar-refractivity contribution in [1.82, 2.24) is 5.32 Å². The lowest BCUT2D eigenvalue weighted by Gasteiger charge is -2.25. The lowest BCUT2D eigenvalue weighted by Crippen LogP contribution is -2.41. The molecule has 10 heteroatoms. The maximum atomic E-state index is 12.8. The number of aromatic carboxylic acids is 1. The number of carboxylic acids is 1. The van der Waals surface area contributed by atoms with Gasteiger partial charge in [0.2, 0.25) is 9.84 Å². The number of sulfone groups is 1. The predicted octanol–water partition coefficient (Wildman–Crippen LogP) is 3.41. The Morgan fingerprint density at radius 3 is 2.36 bits per heavy atom. The second kappa shape index (κ2) is 9.80. The third-order valence-electron chi connectivity index (χ3n) is 4.87. The minimum Gasteiger partial charge on any atom is -0.507 e. The summed E-state index contributed by atoms with van der Waals surface area (Å²) in [6.45, 7) is 2.09. The summed E-state index contributed by atoms with van der Waals surface area (Å²) in [4.78, 5) is 10.9. The number of halogens is 1. The minimum atomic E-state index is -3.99. The van der Waals surface area contributed by atoms with Crippen molar-refractivity contribution in [3.8, 4) is 11.5 Å². The van der Waals surface area contributed by atoms with Crippen molar-refractivity contribution in [3.05, 3.63) is 82.9 Å². The van der Waals surface area contributed by atoms with Crippen LogP contribution in [-0.4, -0.2) is 42.9 Å². The molecule has 0 spiro atoms. The molecule has 0 aliphatic rings. The van der Waals surface area contributed by atoms with Crippen molar-refractivity contribution in [3.63, 3.8) is 0 Å². The van der Waals surface area contributed by atoms with Gasteiger partial charge in [0.15, 0.2) is 0 Å². The summed E-state index contributed by atoms with van der Waals surface area (Å²) in [5, 5.41) is 32.7. The van der Waals surface area contributed by atoms with E-state index >= 15 is 0 Å². The molecule has 0 heterocycles. The molecule has 174 valence electrons. The van der Waals surface area contributed by atoms with E-state index in [4.69, 9.17) is 21.4 Å². The molecule has 0 saturated carbocycles. The molecule has 3 aromatic carbocycles. The van der Waals surface area contributed by atoms with Gasteiger partial charge >= 0.3 is 5.97 Å². The summed E-state index contributed by atoms with van der Waals surface area (Å²) in [5.41, 5.74) is -1.22.